The molecule has 0 aromatic heterocycles. The Bertz CT molecular complexity index is 1150. The van der Waals surface area contributed by atoms with Gasteiger partial charge in [0.2, 0.25) is 0 Å². The van der Waals surface area contributed by atoms with Crippen molar-refractivity contribution in [2.75, 3.05) is 27.9 Å². The Labute approximate surface area is 191 Å². The number of fused-ring (bicyclic) bond motifs is 1. The predicted octanol–water partition coefficient (Wildman–Crippen LogP) is 5.29. The number of ether oxygens (including phenoxy) is 3. The summed E-state index contributed by atoms with van der Waals surface area (Å²) in [5.41, 5.74) is 2.32. The maximum absolute atomic E-state index is 15.1. The van der Waals surface area contributed by atoms with Crippen molar-refractivity contribution in [2.45, 2.75) is 12.5 Å². The highest BCUT2D eigenvalue weighted by molar-refractivity contribution is 6.31. The van der Waals surface area contributed by atoms with Gasteiger partial charge in [-0.3, -0.25) is 4.79 Å². The molecule has 166 valence electrons. The second kappa shape index (κ2) is 9.09. The molecular formula is C25H23ClFNO4. The van der Waals surface area contributed by atoms with E-state index in [1.54, 1.807) is 54.5 Å². The molecular weight excluding hydrogens is 433 g/mol. The monoisotopic (exact) mass is 455 g/mol. The van der Waals surface area contributed by atoms with Crippen LogP contribution in [0.1, 0.15) is 33.1 Å². The Kier molecular flexibility index (Phi) is 6.24. The molecule has 1 aliphatic rings. The van der Waals surface area contributed by atoms with E-state index >= 15 is 4.39 Å². The molecule has 1 atom stereocenters. The molecule has 4 rings (SSSR count). The molecule has 32 heavy (non-hydrogen) atoms. The van der Waals surface area contributed by atoms with Gasteiger partial charge >= 0.3 is 0 Å². The van der Waals surface area contributed by atoms with Gasteiger partial charge in [-0.25, -0.2) is 4.39 Å². The number of halogens is 2. The van der Waals surface area contributed by atoms with Crippen molar-refractivity contribution in [1.82, 2.24) is 4.90 Å². The first-order valence-corrected chi connectivity index (χ1v) is 10.5. The molecule has 0 fully saturated rings. The Morgan fingerprint density at radius 3 is 2.34 bits per heavy atom. The Balaban J connectivity index is 1.93. The van der Waals surface area contributed by atoms with Gasteiger partial charge in [0.1, 0.15) is 11.6 Å². The van der Waals surface area contributed by atoms with Crippen molar-refractivity contribution in [2.24, 2.45) is 0 Å². The van der Waals surface area contributed by atoms with Crippen LogP contribution in [-0.4, -0.2) is 38.7 Å². The fourth-order valence-electron chi connectivity index (χ4n) is 4.22. The number of hydrogen-bond acceptors (Lipinski definition) is 4. The van der Waals surface area contributed by atoms with Crippen LogP contribution in [0.3, 0.4) is 0 Å². The fraction of sp³-hybridized carbons (Fsp3) is 0.240. The van der Waals surface area contributed by atoms with E-state index < -0.39 is 11.9 Å². The van der Waals surface area contributed by atoms with Crippen LogP contribution in [0.5, 0.6) is 17.2 Å². The number of methoxy groups -OCH3 is 3. The fourth-order valence-corrected chi connectivity index (χ4v) is 4.49. The van der Waals surface area contributed by atoms with Gasteiger partial charge in [-0.15, -0.1) is 0 Å². The van der Waals surface area contributed by atoms with E-state index in [2.05, 4.69) is 0 Å². The first-order chi connectivity index (χ1) is 15.5. The summed E-state index contributed by atoms with van der Waals surface area (Å²) in [4.78, 5) is 15.3. The second-order valence-corrected chi connectivity index (χ2v) is 7.80. The quantitative estimate of drug-likeness (QED) is 0.524. The minimum Gasteiger partial charge on any atom is -0.496 e. The zero-order valence-corrected chi connectivity index (χ0v) is 18.8. The average Bonchev–Trinajstić information content (AvgIpc) is 2.82. The maximum atomic E-state index is 15.1. The first-order valence-electron chi connectivity index (χ1n) is 10.1. The molecule has 3 aromatic rings. The van der Waals surface area contributed by atoms with E-state index in [-0.39, 0.29) is 16.5 Å². The predicted molar refractivity (Wildman–Crippen MR) is 121 cm³/mol. The third-order valence-electron chi connectivity index (χ3n) is 5.75. The molecule has 5 nitrogen and oxygen atoms in total. The minimum absolute atomic E-state index is 0.241. The Hall–Kier alpha value is -3.25. The first kappa shape index (κ1) is 22.0. The molecule has 0 unspecified atom stereocenters. The van der Waals surface area contributed by atoms with Crippen molar-refractivity contribution in [3.8, 4) is 17.2 Å². The summed E-state index contributed by atoms with van der Waals surface area (Å²) in [7, 11) is 4.62. The summed E-state index contributed by atoms with van der Waals surface area (Å²) >= 11 is 6.48. The van der Waals surface area contributed by atoms with Crippen molar-refractivity contribution >= 4 is 17.5 Å². The summed E-state index contributed by atoms with van der Waals surface area (Å²) in [6.07, 6.45) is 0.569. The summed E-state index contributed by atoms with van der Waals surface area (Å²) in [5, 5.41) is 0.246. The summed E-state index contributed by atoms with van der Waals surface area (Å²) in [6.45, 7) is 0.370. The lowest BCUT2D eigenvalue weighted by molar-refractivity contribution is 0.0688. The topological polar surface area (TPSA) is 48.0 Å². The molecule has 0 N–H and O–H groups in total. The second-order valence-electron chi connectivity index (χ2n) is 7.39. The number of carbonyl (C=O) groups excluding carboxylic acids is 1. The van der Waals surface area contributed by atoms with Crippen LogP contribution in [-0.2, 0) is 6.42 Å². The zero-order chi connectivity index (χ0) is 22.8. The molecule has 0 spiro atoms. The third-order valence-corrected chi connectivity index (χ3v) is 6.07. The van der Waals surface area contributed by atoms with Gasteiger partial charge in [0.25, 0.3) is 5.91 Å². The number of benzene rings is 3. The highest BCUT2D eigenvalue weighted by atomic mass is 35.5. The van der Waals surface area contributed by atoms with E-state index in [1.165, 1.54) is 20.3 Å². The van der Waals surface area contributed by atoms with Gasteiger partial charge in [0.05, 0.1) is 32.9 Å². The summed E-state index contributed by atoms with van der Waals surface area (Å²) in [5.74, 6) is 0.772. The van der Waals surface area contributed by atoms with Crippen LogP contribution in [0.2, 0.25) is 5.02 Å². The molecule has 0 radical (unpaired) electrons. The smallest absolute Gasteiger partial charge is 0.258 e. The molecule has 1 amide bonds. The SMILES string of the molecule is COc1cc2c(cc1OC)[C@@H](c1c(F)cccc1Cl)N(C(=O)c1ccccc1OC)CC2. The molecule has 0 bridgehead atoms. The van der Waals surface area contributed by atoms with E-state index in [9.17, 15) is 4.79 Å². The van der Waals surface area contributed by atoms with Gasteiger partial charge in [-0.1, -0.05) is 29.8 Å². The normalized spacial score (nSPS) is 15.2. The van der Waals surface area contributed by atoms with Crippen LogP contribution in [0.15, 0.2) is 54.6 Å². The average molecular weight is 456 g/mol. The van der Waals surface area contributed by atoms with Gasteiger partial charge in [0.15, 0.2) is 11.5 Å². The van der Waals surface area contributed by atoms with Crippen LogP contribution >= 0.6 is 11.6 Å². The Morgan fingerprint density at radius 1 is 0.969 bits per heavy atom. The van der Waals surface area contributed by atoms with E-state index in [4.69, 9.17) is 25.8 Å². The highest BCUT2D eigenvalue weighted by Gasteiger charge is 2.37. The minimum atomic E-state index is -0.746. The lowest BCUT2D eigenvalue weighted by Gasteiger charge is -2.38. The number of rotatable bonds is 5. The molecule has 0 saturated carbocycles. The number of nitrogens with zero attached hydrogens (tertiary/aromatic N) is 1. The zero-order valence-electron chi connectivity index (χ0n) is 18.0. The summed E-state index contributed by atoms with van der Waals surface area (Å²) < 4.78 is 31.5. The standard InChI is InChI=1S/C25H23ClFNO4/c1-30-20-10-5-4-7-16(20)25(29)28-12-11-15-13-21(31-2)22(32-3)14-17(15)24(28)23-18(26)8-6-9-19(23)27/h4-10,13-14,24H,11-12H2,1-3H3/t24-/m0/s1. The van der Waals surface area contributed by atoms with Crippen molar-refractivity contribution in [3.05, 3.63) is 87.7 Å². The lowest BCUT2D eigenvalue weighted by Crippen LogP contribution is -2.41. The van der Waals surface area contributed by atoms with Crippen molar-refractivity contribution < 1.29 is 23.4 Å². The summed E-state index contributed by atoms with van der Waals surface area (Å²) in [6, 6.07) is 14.4. The van der Waals surface area contributed by atoms with Gasteiger partial charge in [-0.05, 0) is 53.9 Å². The van der Waals surface area contributed by atoms with Crippen molar-refractivity contribution in [3.63, 3.8) is 0 Å². The van der Waals surface area contributed by atoms with Crippen molar-refractivity contribution in [1.29, 1.82) is 0 Å². The number of para-hydroxylation sites is 1. The largest absolute Gasteiger partial charge is 0.496 e. The molecule has 1 heterocycles. The third kappa shape index (κ3) is 3.75. The maximum Gasteiger partial charge on any atom is 0.258 e. The lowest BCUT2D eigenvalue weighted by atomic mass is 9.86. The molecule has 3 aromatic carbocycles. The van der Waals surface area contributed by atoms with E-state index in [0.717, 1.165) is 11.1 Å². The molecule has 0 aliphatic carbocycles. The van der Waals surface area contributed by atoms with Gasteiger partial charge in [-0.2, -0.15) is 0 Å². The highest BCUT2D eigenvalue weighted by Crippen LogP contribution is 2.44. The van der Waals surface area contributed by atoms with Crippen LogP contribution in [0.25, 0.3) is 0 Å². The van der Waals surface area contributed by atoms with Gasteiger partial charge in [0, 0.05) is 17.1 Å². The number of hydrogen-bond donors (Lipinski definition) is 0. The number of amides is 1. The molecule has 7 heteroatoms. The number of carbonyl (C=O) groups is 1. The van der Waals surface area contributed by atoms with E-state index in [1.807, 2.05) is 6.07 Å². The van der Waals surface area contributed by atoms with Crippen LogP contribution in [0.4, 0.5) is 4.39 Å². The van der Waals surface area contributed by atoms with E-state index in [0.29, 0.717) is 35.8 Å². The van der Waals surface area contributed by atoms with Gasteiger partial charge < -0.3 is 19.1 Å². The molecule has 1 aliphatic heterocycles. The Morgan fingerprint density at radius 2 is 1.66 bits per heavy atom. The van der Waals surface area contributed by atoms with Crippen LogP contribution < -0.4 is 14.2 Å². The van der Waals surface area contributed by atoms with Crippen LogP contribution in [0, 0.1) is 5.82 Å². The molecule has 0 saturated heterocycles.